The molecule has 9 heteroatoms. The molecule has 1 aromatic rings. The van der Waals surface area contributed by atoms with Crippen LogP contribution in [0.25, 0.3) is 0 Å². The van der Waals surface area contributed by atoms with Gasteiger partial charge < -0.3 is 9.47 Å². The number of carbonyl (C=O) groups excluding carboxylic acids is 1. The molecule has 0 unspecified atom stereocenters. The zero-order valence-electron chi connectivity index (χ0n) is 18.7. The van der Waals surface area contributed by atoms with E-state index in [0.29, 0.717) is 5.92 Å². The maximum atomic E-state index is 13.6. The molecule has 1 amide bonds. The van der Waals surface area contributed by atoms with Crippen LogP contribution in [0.1, 0.15) is 56.4 Å². The molecule has 4 atom stereocenters. The Morgan fingerprint density at radius 3 is 2.59 bits per heavy atom. The molecule has 0 radical (unpaired) electrons. The topological polar surface area (TPSA) is 84.9 Å². The number of likely N-dealkylation sites (tertiary alicyclic amines) is 1. The minimum absolute atomic E-state index is 0.0287. The summed E-state index contributed by atoms with van der Waals surface area (Å²) in [6, 6.07) is 6.00. The van der Waals surface area contributed by atoms with Crippen molar-refractivity contribution in [2.24, 2.45) is 5.92 Å². The van der Waals surface area contributed by atoms with Gasteiger partial charge in [0.1, 0.15) is 5.82 Å². The minimum atomic E-state index is -3.43. The standard InChI is InChI=1S/C23H33FN2O5S/c1-30-23(27)26-20-8-4-7-19(20)22(25-32(2,28)29)21(26)14-31-18-11-9-15(10-12-18)16-5-3-6-17(24)13-16/h3,5-6,13,15,18-22,25H,4,7-12,14H2,1-2H3/t15?,18?,19-,20+,21-,22-/m0/s1. The van der Waals surface area contributed by atoms with Gasteiger partial charge in [0, 0.05) is 12.1 Å². The summed E-state index contributed by atoms with van der Waals surface area (Å²) >= 11 is 0. The molecule has 2 aliphatic carbocycles. The van der Waals surface area contributed by atoms with E-state index in [0.717, 1.165) is 56.8 Å². The van der Waals surface area contributed by atoms with Gasteiger partial charge in [-0.25, -0.2) is 22.3 Å². The quantitative estimate of drug-likeness (QED) is 0.692. The highest BCUT2D eigenvalue weighted by molar-refractivity contribution is 7.88. The average molecular weight is 469 g/mol. The van der Waals surface area contributed by atoms with Crippen molar-refractivity contribution in [3.8, 4) is 0 Å². The van der Waals surface area contributed by atoms with Crippen LogP contribution in [0.15, 0.2) is 24.3 Å². The predicted octanol–water partition coefficient (Wildman–Crippen LogP) is 3.41. The van der Waals surface area contributed by atoms with Gasteiger partial charge in [-0.3, -0.25) is 4.90 Å². The fourth-order valence-electron chi connectivity index (χ4n) is 5.97. The summed E-state index contributed by atoms with van der Waals surface area (Å²) in [5.41, 5.74) is 1.03. The molecular formula is C23H33FN2O5S. The van der Waals surface area contributed by atoms with Gasteiger partial charge in [0.05, 0.1) is 32.1 Å². The number of amides is 1. The zero-order chi connectivity index (χ0) is 22.9. The Kier molecular flexibility index (Phi) is 7.07. The first-order valence-electron chi connectivity index (χ1n) is 11.5. The van der Waals surface area contributed by atoms with Gasteiger partial charge in [-0.1, -0.05) is 18.6 Å². The van der Waals surface area contributed by atoms with E-state index in [-0.39, 0.29) is 36.5 Å². The van der Waals surface area contributed by atoms with Crippen LogP contribution in [0.3, 0.4) is 0 Å². The number of nitrogens with one attached hydrogen (secondary N) is 1. The monoisotopic (exact) mass is 468 g/mol. The van der Waals surface area contributed by atoms with Gasteiger partial charge in [-0.15, -0.1) is 0 Å². The van der Waals surface area contributed by atoms with Gasteiger partial charge in [-0.05, 0) is 68.1 Å². The highest BCUT2D eigenvalue weighted by Gasteiger charge is 2.54. The average Bonchev–Trinajstić information content (AvgIpc) is 3.33. The first-order valence-corrected chi connectivity index (χ1v) is 13.4. The maximum absolute atomic E-state index is 13.6. The molecular weight excluding hydrogens is 435 g/mol. The lowest BCUT2D eigenvalue weighted by molar-refractivity contribution is -0.00976. The number of sulfonamides is 1. The molecule has 0 bridgehead atoms. The first kappa shape index (κ1) is 23.4. The molecule has 3 fully saturated rings. The molecule has 1 aromatic carbocycles. The van der Waals surface area contributed by atoms with Gasteiger partial charge in [0.25, 0.3) is 0 Å². The Morgan fingerprint density at radius 2 is 1.94 bits per heavy atom. The molecule has 0 spiro atoms. The smallest absolute Gasteiger partial charge is 0.410 e. The molecule has 1 aliphatic heterocycles. The summed E-state index contributed by atoms with van der Waals surface area (Å²) in [7, 11) is -2.08. The highest BCUT2D eigenvalue weighted by Crippen LogP contribution is 2.43. The van der Waals surface area contributed by atoms with Crippen molar-refractivity contribution in [1.82, 2.24) is 9.62 Å². The maximum Gasteiger partial charge on any atom is 0.410 e. The van der Waals surface area contributed by atoms with Gasteiger partial charge in [0.15, 0.2) is 0 Å². The Hall–Kier alpha value is -1.71. The van der Waals surface area contributed by atoms with Crippen LogP contribution in [0.4, 0.5) is 9.18 Å². The van der Waals surface area contributed by atoms with E-state index in [1.807, 2.05) is 6.07 Å². The first-order chi connectivity index (χ1) is 15.3. The van der Waals surface area contributed by atoms with Gasteiger partial charge in [0.2, 0.25) is 10.0 Å². The van der Waals surface area contributed by atoms with Crippen molar-refractivity contribution in [2.75, 3.05) is 20.0 Å². The normalized spacial score (nSPS) is 32.7. The van der Waals surface area contributed by atoms with E-state index in [1.54, 1.807) is 17.0 Å². The van der Waals surface area contributed by atoms with Crippen LogP contribution in [-0.4, -0.2) is 63.6 Å². The Balaban J connectivity index is 1.41. The van der Waals surface area contributed by atoms with E-state index in [2.05, 4.69) is 4.72 Å². The third-order valence-electron chi connectivity index (χ3n) is 7.35. The molecule has 3 aliphatic rings. The Morgan fingerprint density at radius 1 is 1.19 bits per heavy atom. The summed E-state index contributed by atoms with van der Waals surface area (Å²) in [6.07, 6.45) is 6.98. The number of benzene rings is 1. The van der Waals surface area contributed by atoms with Crippen molar-refractivity contribution in [3.63, 3.8) is 0 Å². The number of fused-ring (bicyclic) bond motifs is 1. The van der Waals surface area contributed by atoms with Crippen molar-refractivity contribution in [1.29, 1.82) is 0 Å². The Bertz CT molecular complexity index is 919. The van der Waals surface area contributed by atoms with Crippen molar-refractivity contribution in [3.05, 3.63) is 35.6 Å². The lowest BCUT2D eigenvalue weighted by atomic mass is 9.82. The predicted molar refractivity (Wildman–Crippen MR) is 118 cm³/mol. The van der Waals surface area contributed by atoms with E-state index < -0.39 is 22.2 Å². The van der Waals surface area contributed by atoms with Crippen molar-refractivity contribution in [2.45, 2.75) is 75.1 Å². The molecule has 2 saturated carbocycles. The SMILES string of the molecule is COC(=O)N1[C@@H]2CCC[C@@H]2[C@H](NS(C)(=O)=O)[C@@H]1COC1CCC(c2cccc(F)c2)CC1. The third-order valence-corrected chi connectivity index (χ3v) is 8.05. The second-order valence-electron chi connectivity index (χ2n) is 9.38. The number of carbonyl (C=O) groups is 1. The molecule has 1 N–H and O–H groups in total. The molecule has 178 valence electrons. The van der Waals surface area contributed by atoms with E-state index in [1.165, 1.54) is 13.2 Å². The van der Waals surface area contributed by atoms with Crippen molar-refractivity contribution < 1.29 is 27.1 Å². The molecule has 32 heavy (non-hydrogen) atoms. The number of ether oxygens (including phenoxy) is 2. The van der Waals surface area contributed by atoms with E-state index >= 15 is 0 Å². The summed E-state index contributed by atoms with van der Waals surface area (Å²) in [6.45, 7) is 0.268. The van der Waals surface area contributed by atoms with Crippen LogP contribution >= 0.6 is 0 Å². The minimum Gasteiger partial charge on any atom is -0.453 e. The summed E-state index contributed by atoms with van der Waals surface area (Å²) in [5, 5.41) is 0. The number of nitrogens with zero attached hydrogens (tertiary/aromatic N) is 1. The van der Waals surface area contributed by atoms with Crippen LogP contribution in [0.5, 0.6) is 0 Å². The lowest BCUT2D eigenvalue weighted by Crippen LogP contribution is -2.51. The van der Waals surface area contributed by atoms with Crippen LogP contribution in [-0.2, 0) is 19.5 Å². The molecule has 7 nitrogen and oxygen atoms in total. The number of hydrogen-bond donors (Lipinski definition) is 1. The van der Waals surface area contributed by atoms with Crippen LogP contribution in [0.2, 0.25) is 0 Å². The number of halogens is 1. The van der Waals surface area contributed by atoms with E-state index in [4.69, 9.17) is 9.47 Å². The summed E-state index contributed by atoms with van der Waals surface area (Å²) < 4.78 is 51.7. The number of hydrogen-bond acceptors (Lipinski definition) is 5. The lowest BCUT2D eigenvalue weighted by Gasteiger charge is -2.33. The fourth-order valence-corrected chi connectivity index (χ4v) is 6.80. The number of rotatable bonds is 6. The largest absolute Gasteiger partial charge is 0.453 e. The summed E-state index contributed by atoms with van der Waals surface area (Å²) in [4.78, 5) is 14.3. The Labute approximate surface area is 189 Å². The fraction of sp³-hybridized carbons (Fsp3) is 0.696. The molecule has 1 heterocycles. The molecule has 1 saturated heterocycles. The van der Waals surface area contributed by atoms with Gasteiger partial charge in [-0.2, -0.15) is 0 Å². The van der Waals surface area contributed by atoms with Crippen LogP contribution in [0, 0.1) is 11.7 Å². The highest BCUT2D eigenvalue weighted by atomic mass is 32.2. The molecule has 0 aromatic heterocycles. The van der Waals surface area contributed by atoms with Crippen molar-refractivity contribution >= 4 is 16.1 Å². The second-order valence-corrected chi connectivity index (χ2v) is 11.2. The second kappa shape index (κ2) is 9.65. The van der Waals surface area contributed by atoms with Crippen LogP contribution < -0.4 is 4.72 Å². The van der Waals surface area contributed by atoms with E-state index in [9.17, 15) is 17.6 Å². The zero-order valence-corrected chi connectivity index (χ0v) is 19.5. The summed E-state index contributed by atoms with van der Waals surface area (Å²) in [5.74, 6) is 0.184. The number of methoxy groups -OCH3 is 1. The molecule has 4 rings (SSSR count). The van der Waals surface area contributed by atoms with Gasteiger partial charge >= 0.3 is 6.09 Å². The third kappa shape index (κ3) is 5.10.